The molecule has 2 aromatic heterocycles. The Morgan fingerprint density at radius 1 is 1.15 bits per heavy atom. The highest BCUT2D eigenvalue weighted by Crippen LogP contribution is 2.32. The van der Waals surface area contributed by atoms with E-state index in [1.807, 2.05) is 0 Å². The SMILES string of the molecule is CC1(C)COC(c2cc(C(F)(F)F)n(-c3ccc(NC(=O)c4c(F)cccc4F)cn3)n2)=N1. The molecule has 12 heteroatoms. The molecular formula is C21H16F5N5O2. The first-order chi connectivity index (χ1) is 15.4. The molecule has 4 rings (SSSR count). The molecule has 0 unspecified atom stereocenters. The monoisotopic (exact) mass is 465 g/mol. The summed E-state index contributed by atoms with van der Waals surface area (Å²) in [6.45, 7) is 3.73. The van der Waals surface area contributed by atoms with E-state index in [4.69, 9.17) is 4.74 Å². The first-order valence-corrected chi connectivity index (χ1v) is 9.57. The van der Waals surface area contributed by atoms with Gasteiger partial charge in [0.25, 0.3) is 5.91 Å². The van der Waals surface area contributed by atoms with Gasteiger partial charge in [-0.2, -0.15) is 18.3 Å². The van der Waals surface area contributed by atoms with Crippen molar-refractivity contribution in [3.05, 3.63) is 71.2 Å². The van der Waals surface area contributed by atoms with E-state index in [9.17, 15) is 26.7 Å². The maximum absolute atomic E-state index is 13.8. The van der Waals surface area contributed by atoms with Crippen LogP contribution in [0.4, 0.5) is 27.6 Å². The number of ether oxygens (including phenoxy) is 1. The number of halogens is 5. The van der Waals surface area contributed by atoms with Crippen molar-refractivity contribution < 1.29 is 31.5 Å². The van der Waals surface area contributed by atoms with Gasteiger partial charge in [-0.05, 0) is 38.1 Å². The lowest BCUT2D eigenvalue weighted by molar-refractivity contribution is -0.142. The summed E-state index contributed by atoms with van der Waals surface area (Å²) in [4.78, 5) is 20.3. The molecule has 172 valence electrons. The van der Waals surface area contributed by atoms with Crippen LogP contribution in [0.25, 0.3) is 5.82 Å². The number of carbonyl (C=O) groups is 1. The van der Waals surface area contributed by atoms with Crippen LogP contribution in [0.1, 0.15) is 35.6 Å². The molecule has 1 N–H and O–H groups in total. The molecule has 7 nitrogen and oxygen atoms in total. The van der Waals surface area contributed by atoms with E-state index in [-0.39, 0.29) is 29.7 Å². The molecular weight excluding hydrogens is 449 g/mol. The van der Waals surface area contributed by atoms with Crippen molar-refractivity contribution in [1.29, 1.82) is 0 Å². The second-order valence-electron chi connectivity index (χ2n) is 7.80. The molecule has 1 aliphatic heterocycles. The molecule has 3 heterocycles. The van der Waals surface area contributed by atoms with E-state index in [2.05, 4.69) is 20.4 Å². The van der Waals surface area contributed by atoms with E-state index in [1.54, 1.807) is 13.8 Å². The Labute approximate surface area is 183 Å². The zero-order valence-electron chi connectivity index (χ0n) is 17.2. The van der Waals surface area contributed by atoms with Crippen molar-refractivity contribution in [1.82, 2.24) is 14.8 Å². The van der Waals surface area contributed by atoms with Gasteiger partial charge in [0, 0.05) is 6.07 Å². The smallest absolute Gasteiger partial charge is 0.433 e. The minimum atomic E-state index is -4.75. The minimum Gasteiger partial charge on any atom is -0.474 e. The van der Waals surface area contributed by atoms with Gasteiger partial charge >= 0.3 is 6.18 Å². The van der Waals surface area contributed by atoms with Crippen LogP contribution < -0.4 is 5.32 Å². The largest absolute Gasteiger partial charge is 0.474 e. The first kappa shape index (κ1) is 22.4. The maximum atomic E-state index is 13.8. The molecule has 1 amide bonds. The van der Waals surface area contributed by atoms with Gasteiger partial charge in [-0.25, -0.2) is 23.4 Å². The molecule has 0 saturated heterocycles. The van der Waals surface area contributed by atoms with Gasteiger partial charge in [-0.15, -0.1) is 0 Å². The number of nitrogens with one attached hydrogen (secondary N) is 1. The molecule has 0 atom stereocenters. The number of rotatable bonds is 4. The molecule has 0 aliphatic carbocycles. The van der Waals surface area contributed by atoms with Crippen LogP contribution in [-0.4, -0.2) is 38.7 Å². The van der Waals surface area contributed by atoms with E-state index in [0.29, 0.717) is 4.68 Å². The first-order valence-electron chi connectivity index (χ1n) is 9.57. The van der Waals surface area contributed by atoms with Crippen LogP contribution >= 0.6 is 0 Å². The fraction of sp³-hybridized carbons (Fsp3) is 0.238. The second kappa shape index (κ2) is 7.94. The van der Waals surface area contributed by atoms with Gasteiger partial charge in [-0.1, -0.05) is 6.07 Å². The zero-order chi connectivity index (χ0) is 24.0. The molecule has 1 aromatic carbocycles. The number of hydrogen-bond donors (Lipinski definition) is 1. The van der Waals surface area contributed by atoms with Crippen LogP contribution in [0.3, 0.4) is 0 Å². The zero-order valence-corrected chi connectivity index (χ0v) is 17.2. The number of aliphatic imine (C=N–C) groups is 1. The topological polar surface area (TPSA) is 81.4 Å². The summed E-state index contributed by atoms with van der Waals surface area (Å²) in [7, 11) is 0. The van der Waals surface area contributed by atoms with Crippen LogP contribution in [0.2, 0.25) is 0 Å². The van der Waals surface area contributed by atoms with Gasteiger partial charge in [0.05, 0.1) is 17.4 Å². The Hall–Kier alpha value is -3.83. The van der Waals surface area contributed by atoms with Gasteiger partial charge < -0.3 is 10.1 Å². The van der Waals surface area contributed by atoms with E-state index >= 15 is 0 Å². The van der Waals surface area contributed by atoms with E-state index in [1.165, 1.54) is 12.1 Å². The summed E-state index contributed by atoms with van der Waals surface area (Å²) < 4.78 is 74.3. The van der Waals surface area contributed by atoms with Crippen LogP contribution in [-0.2, 0) is 10.9 Å². The number of carbonyl (C=O) groups excluding carboxylic acids is 1. The lowest BCUT2D eigenvalue weighted by Crippen LogP contribution is -2.17. The highest BCUT2D eigenvalue weighted by Gasteiger charge is 2.38. The quantitative estimate of drug-likeness (QED) is 0.581. The predicted octanol–water partition coefficient (Wildman–Crippen LogP) is 4.37. The molecule has 0 saturated carbocycles. The number of pyridine rings is 1. The van der Waals surface area contributed by atoms with Crippen molar-refractivity contribution in [3.8, 4) is 5.82 Å². The summed E-state index contributed by atoms with van der Waals surface area (Å²) in [6.07, 6.45) is -3.71. The van der Waals surface area contributed by atoms with Crippen molar-refractivity contribution in [2.24, 2.45) is 4.99 Å². The molecule has 0 fully saturated rings. The molecule has 1 aliphatic rings. The number of aromatic nitrogens is 3. The third-order valence-electron chi connectivity index (χ3n) is 4.60. The number of amides is 1. The lowest BCUT2D eigenvalue weighted by Gasteiger charge is -2.10. The normalized spacial score (nSPS) is 15.2. The number of hydrogen-bond acceptors (Lipinski definition) is 5. The summed E-state index contributed by atoms with van der Waals surface area (Å²) in [5.74, 6) is -3.41. The maximum Gasteiger partial charge on any atom is 0.433 e. The van der Waals surface area contributed by atoms with Crippen LogP contribution in [0.15, 0.2) is 47.6 Å². The fourth-order valence-corrected chi connectivity index (χ4v) is 3.07. The molecule has 0 bridgehead atoms. The minimum absolute atomic E-state index is 0.0117. The number of alkyl halides is 3. The highest BCUT2D eigenvalue weighted by molar-refractivity contribution is 6.04. The Bertz CT molecular complexity index is 1230. The Balaban J connectivity index is 1.63. The fourth-order valence-electron chi connectivity index (χ4n) is 3.07. The molecule has 0 radical (unpaired) electrons. The molecule has 33 heavy (non-hydrogen) atoms. The summed E-state index contributed by atoms with van der Waals surface area (Å²) in [6, 6.07) is 6.16. The van der Waals surface area contributed by atoms with Crippen molar-refractivity contribution in [2.75, 3.05) is 11.9 Å². The van der Waals surface area contributed by atoms with E-state index in [0.717, 1.165) is 30.5 Å². The third-order valence-corrected chi connectivity index (χ3v) is 4.60. The van der Waals surface area contributed by atoms with Crippen LogP contribution in [0.5, 0.6) is 0 Å². The molecule has 0 spiro atoms. The second-order valence-corrected chi connectivity index (χ2v) is 7.80. The van der Waals surface area contributed by atoms with Crippen molar-refractivity contribution in [2.45, 2.75) is 25.6 Å². The van der Waals surface area contributed by atoms with Gasteiger partial charge in [-0.3, -0.25) is 4.79 Å². The lowest BCUT2D eigenvalue weighted by atomic mass is 10.1. The Morgan fingerprint density at radius 2 is 1.85 bits per heavy atom. The summed E-state index contributed by atoms with van der Waals surface area (Å²) in [5, 5.41) is 6.20. The summed E-state index contributed by atoms with van der Waals surface area (Å²) in [5.41, 5.74) is -2.59. The Kier molecular flexibility index (Phi) is 5.38. The van der Waals surface area contributed by atoms with Gasteiger partial charge in [0.1, 0.15) is 29.5 Å². The molecule has 3 aromatic rings. The van der Waals surface area contributed by atoms with Gasteiger partial charge in [0.15, 0.2) is 11.5 Å². The van der Waals surface area contributed by atoms with Gasteiger partial charge in [0.2, 0.25) is 5.90 Å². The average Bonchev–Trinajstić information content (AvgIpc) is 3.32. The number of nitrogens with zero attached hydrogens (tertiary/aromatic N) is 4. The van der Waals surface area contributed by atoms with Crippen LogP contribution in [0, 0.1) is 11.6 Å². The summed E-state index contributed by atoms with van der Waals surface area (Å²) >= 11 is 0. The number of benzene rings is 1. The Morgan fingerprint density at radius 3 is 2.39 bits per heavy atom. The average molecular weight is 465 g/mol. The third kappa shape index (κ3) is 4.54. The van der Waals surface area contributed by atoms with Crippen molar-refractivity contribution >= 4 is 17.5 Å². The van der Waals surface area contributed by atoms with Crippen molar-refractivity contribution in [3.63, 3.8) is 0 Å². The standard InChI is InChI=1S/C21H16F5N5O2/c1-20(2)10-33-19(29-20)14-8-15(21(24,25)26)31(30-14)16-7-6-11(9-27-16)28-18(32)17-12(22)4-3-5-13(17)23/h3-9H,10H2,1-2H3,(H,28,32). The number of anilines is 1. The predicted molar refractivity (Wildman–Crippen MR) is 107 cm³/mol. The van der Waals surface area contributed by atoms with E-state index < -0.39 is 40.5 Å². The highest BCUT2D eigenvalue weighted by atomic mass is 19.4.